The highest BCUT2D eigenvalue weighted by Gasteiger charge is 2.22. The summed E-state index contributed by atoms with van der Waals surface area (Å²) in [5.74, 6) is -0.00523. The van der Waals surface area contributed by atoms with Gasteiger partial charge in [-0.25, -0.2) is 0 Å². The highest BCUT2D eigenvalue weighted by atomic mass is 79.9. The molecule has 0 radical (unpaired) electrons. The van der Waals surface area contributed by atoms with Crippen LogP contribution >= 0.6 is 15.9 Å². The van der Waals surface area contributed by atoms with E-state index in [1.807, 2.05) is 13.8 Å². The van der Waals surface area contributed by atoms with E-state index in [2.05, 4.69) is 20.9 Å². The lowest BCUT2D eigenvalue weighted by Crippen LogP contribution is -2.26. The third kappa shape index (κ3) is 3.72. The first-order valence-corrected chi connectivity index (χ1v) is 5.44. The number of nitrogens with zero attached hydrogens (tertiary/aromatic N) is 1. The molecule has 0 spiro atoms. The second-order valence-corrected chi connectivity index (χ2v) is 4.84. The molecule has 1 heterocycles. The van der Waals surface area contributed by atoms with Crippen LogP contribution in [0.25, 0.3) is 0 Å². The quantitative estimate of drug-likeness (QED) is 0.791. The second kappa shape index (κ2) is 4.86. The van der Waals surface area contributed by atoms with Gasteiger partial charge < -0.3 is 4.74 Å². The Morgan fingerprint density at radius 3 is 2.67 bits per heavy atom. The van der Waals surface area contributed by atoms with Crippen LogP contribution in [0.4, 0.5) is 0 Å². The van der Waals surface area contributed by atoms with Gasteiger partial charge in [-0.2, -0.15) is 0 Å². The predicted octanol–water partition coefficient (Wildman–Crippen LogP) is 2.84. The minimum absolute atomic E-state index is 0.00523. The van der Waals surface area contributed by atoms with Crippen LogP contribution in [0.15, 0.2) is 22.8 Å². The van der Waals surface area contributed by atoms with E-state index in [1.165, 1.54) is 0 Å². The zero-order valence-corrected chi connectivity index (χ0v) is 10.7. The number of hydrogen-bond donors (Lipinski definition) is 0. The summed E-state index contributed by atoms with van der Waals surface area (Å²) in [5, 5.41) is 0. The number of pyridine rings is 1. The standard InChI is InChI=1S/C11H14BrNO2/c1-11(2,15-3)6-10(14)9-5-4-8(12)7-13-9/h4-5,7H,6H2,1-3H3. The van der Waals surface area contributed by atoms with Gasteiger partial charge in [-0.1, -0.05) is 0 Å². The average Bonchev–Trinajstić information content (AvgIpc) is 2.18. The van der Waals surface area contributed by atoms with Crippen molar-refractivity contribution in [1.82, 2.24) is 4.98 Å². The number of methoxy groups -OCH3 is 1. The van der Waals surface area contributed by atoms with E-state index in [0.29, 0.717) is 12.1 Å². The molecule has 15 heavy (non-hydrogen) atoms. The van der Waals surface area contributed by atoms with Gasteiger partial charge in [-0.05, 0) is 41.9 Å². The summed E-state index contributed by atoms with van der Waals surface area (Å²) in [7, 11) is 1.60. The van der Waals surface area contributed by atoms with Crippen molar-refractivity contribution in [2.45, 2.75) is 25.9 Å². The number of ketones is 1. The molecule has 0 unspecified atom stereocenters. The van der Waals surface area contributed by atoms with Crippen molar-refractivity contribution in [3.63, 3.8) is 0 Å². The molecule has 1 rings (SSSR count). The normalized spacial score (nSPS) is 11.5. The minimum atomic E-state index is -0.439. The van der Waals surface area contributed by atoms with E-state index < -0.39 is 5.60 Å². The van der Waals surface area contributed by atoms with Gasteiger partial charge in [0.2, 0.25) is 0 Å². The second-order valence-electron chi connectivity index (χ2n) is 3.93. The van der Waals surface area contributed by atoms with Gasteiger partial charge in [0.15, 0.2) is 5.78 Å². The van der Waals surface area contributed by atoms with Gasteiger partial charge in [0.25, 0.3) is 0 Å². The maximum absolute atomic E-state index is 11.8. The van der Waals surface area contributed by atoms with Crippen molar-refractivity contribution in [3.8, 4) is 0 Å². The molecule has 0 aliphatic rings. The summed E-state index contributed by atoms with van der Waals surface area (Å²) < 4.78 is 6.06. The first kappa shape index (κ1) is 12.3. The third-order valence-corrected chi connectivity index (χ3v) is 2.62. The van der Waals surface area contributed by atoms with Crippen LogP contribution in [-0.4, -0.2) is 23.5 Å². The van der Waals surface area contributed by atoms with Crippen LogP contribution in [0.2, 0.25) is 0 Å². The van der Waals surface area contributed by atoms with E-state index in [9.17, 15) is 4.79 Å². The number of halogens is 1. The van der Waals surface area contributed by atoms with E-state index in [4.69, 9.17) is 4.74 Å². The number of carbonyl (C=O) groups excluding carboxylic acids is 1. The first-order chi connectivity index (χ1) is 6.94. The average molecular weight is 272 g/mol. The van der Waals surface area contributed by atoms with Crippen molar-refractivity contribution in [1.29, 1.82) is 0 Å². The molecule has 0 saturated carbocycles. The molecule has 1 aromatic rings. The molecule has 4 heteroatoms. The molecule has 3 nitrogen and oxygen atoms in total. The number of aromatic nitrogens is 1. The lowest BCUT2D eigenvalue weighted by Gasteiger charge is -2.21. The lowest BCUT2D eigenvalue weighted by molar-refractivity contribution is 0.0170. The van der Waals surface area contributed by atoms with Crippen molar-refractivity contribution in [3.05, 3.63) is 28.5 Å². The van der Waals surface area contributed by atoms with Crippen LogP contribution in [0, 0.1) is 0 Å². The zero-order chi connectivity index (χ0) is 11.5. The summed E-state index contributed by atoms with van der Waals surface area (Å²) in [6, 6.07) is 3.51. The Bertz CT molecular complexity index is 346. The Hall–Kier alpha value is -0.740. The maximum Gasteiger partial charge on any atom is 0.184 e. The van der Waals surface area contributed by atoms with Gasteiger partial charge in [0.05, 0.1) is 5.60 Å². The minimum Gasteiger partial charge on any atom is -0.378 e. The molecule has 0 saturated heterocycles. The number of ether oxygens (including phenoxy) is 1. The van der Waals surface area contributed by atoms with Gasteiger partial charge in [-0.3, -0.25) is 9.78 Å². The number of hydrogen-bond acceptors (Lipinski definition) is 3. The van der Waals surface area contributed by atoms with Gasteiger partial charge >= 0.3 is 0 Å². The Balaban J connectivity index is 2.74. The number of Topliss-reactive ketones (excluding diaryl/α,β-unsaturated/α-hetero) is 1. The molecule has 0 aliphatic carbocycles. The molecular weight excluding hydrogens is 258 g/mol. The molecule has 0 atom stereocenters. The van der Waals surface area contributed by atoms with E-state index in [-0.39, 0.29) is 5.78 Å². The van der Waals surface area contributed by atoms with Crippen molar-refractivity contribution < 1.29 is 9.53 Å². The summed E-state index contributed by atoms with van der Waals surface area (Å²) in [5.41, 5.74) is 0.0366. The zero-order valence-electron chi connectivity index (χ0n) is 9.08. The van der Waals surface area contributed by atoms with E-state index in [0.717, 1.165) is 4.47 Å². The molecule has 0 aliphatic heterocycles. The largest absolute Gasteiger partial charge is 0.378 e. The maximum atomic E-state index is 11.8. The number of carbonyl (C=O) groups is 1. The van der Waals surface area contributed by atoms with Crippen molar-refractivity contribution >= 4 is 21.7 Å². The Labute approximate surface area is 98.0 Å². The summed E-state index contributed by atoms with van der Waals surface area (Å²) in [6.07, 6.45) is 1.95. The third-order valence-electron chi connectivity index (χ3n) is 2.15. The van der Waals surface area contributed by atoms with Crippen molar-refractivity contribution in [2.24, 2.45) is 0 Å². The SMILES string of the molecule is COC(C)(C)CC(=O)c1ccc(Br)cn1. The molecular formula is C11H14BrNO2. The molecule has 0 amide bonds. The molecule has 1 aromatic heterocycles. The smallest absolute Gasteiger partial charge is 0.184 e. The summed E-state index contributed by atoms with van der Waals surface area (Å²) in [6.45, 7) is 3.76. The highest BCUT2D eigenvalue weighted by molar-refractivity contribution is 9.10. The van der Waals surface area contributed by atoms with E-state index in [1.54, 1.807) is 25.4 Å². The fourth-order valence-electron chi connectivity index (χ4n) is 1.09. The molecule has 0 aromatic carbocycles. The summed E-state index contributed by atoms with van der Waals surface area (Å²) >= 11 is 3.27. The van der Waals surface area contributed by atoms with Crippen LogP contribution < -0.4 is 0 Å². The van der Waals surface area contributed by atoms with Crippen LogP contribution in [0.1, 0.15) is 30.8 Å². The molecule has 0 fully saturated rings. The van der Waals surface area contributed by atoms with Crippen LogP contribution in [0.3, 0.4) is 0 Å². The number of rotatable bonds is 4. The molecule has 0 N–H and O–H groups in total. The van der Waals surface area contributed by atoms with Gasteiger partial charge in [0, 0.05) is 24.2 Å². The fourth-order valence-corrected chi connectivity index (χ4v) is 1.32. The molecule has 0 bridgehead atoms. The summed E-state index contributed by atoms with van der Waals surface area (Å²) in [4.78, 5) is 15.8. The highest BCUT2D eigenvalue weighted by Crippen LogP contribution is 2.17. The lowest BCUT2D eigenvalue weighted by atomic mass is 10.00. The van der Waals surface area contributed by atoms with Gasteiger partial charge in [0.1, 0.15) is 5.69 Å². The Morgan fingerprint density at radius 2 is 2.20 bits per heavy atom. The first-order valence-electron chi connectivity index (χ1n) is 4.64. The predicted molar refractivity (Wildman–Crippen MR) is 62.0 cm³/mol. The van der Waals surface area contributed by atoms with Crippen molar-refractivity contribution in [2.75, 3.05) is 7.11 Å². The van der Waals surface area contributed by atoms with Crippen LogP contribution in [-0.2, 0) is 4.74 Å². The fraction of sp³-hybridized carbons (Fsp3) is 0.455. The molecule has 82 valence electrons. The van der Waals surface area contributed by atoms with Gasteiger partial charge in [-0.15, -0.1) is 0 Å². The van der Waals surface area contributed by atoms with Crippen LogP contribution in [0.5, 0.6) is 0 Å². The Kier molecular flexibility index (Phi) is 3.99. The topological polar surface area (TPSA) is 39.2 Å². The Morgan fingerprint density at radius 1 is 1.53 bits per heavy atom. The van der Waals surface area contributed by atoms with E-state index >= 15 is 0 Å². The monoisotopic (exact) mass is 271 g/mol.